The van der Waals surface area contributed by atoms with Crippen molar-refractivity contribution in [3.8, 4) is 0 Å². The molecule has 3 atom stereocenters. The molecule has 0 amide bonds. The van der Waals surface area contributed by atoms with Gasteiger partial charge in [-0.1, -0.05) is 53.2 Å². The monoisotopic (exact) mass is 281 g/mol. The maximum atomic E-state index is 10.6. The maximum Gasteiger partial charge on any atom is 0.0625 e. The van der Waals surface area contributed by atoms with Crippen LogP contribution >= 0.6 is 0 Å². The molecule has 118 valence electrons. The molecule has 1 fully saturated rings. The predicted octanol–water partition coefficient (Wildman–Crippen LogP) is 4.14. The number of rotatable bonds is 7. The molecule has 0 aromatic heterocycles. The molecular formula is C18H35NO. The molecule has 20 heavy (non-hydrogen) atoms. The molecule has 0 aromatic carbocycles. The number of unbranched alkanes of at least 4 members (excludes halogenated alkanes) is 1. The lowest BCUT2D eigenvalue weighted by molar-refractivity contribution is 0.0285. The fourth-order valence-corrected chi connectivity index (χ4v) is 3.65. The van der Waals surface area contributed by atoms with Crippen LogP contribution in [0.5, 0.6) is 0 Å². The molecule has 1 saturated carbocycles. The number of aliphatic hydroxyl groups excluding tert-OH is 1. The van der Waals surface area contributed by atoms with Crippen molar-refractivity contribution >= 4 is 0 Å². The molecule has 2 N–H and O–H groups in total. The van der Waals surface area contributed by atoms with Crippen molar-refractivity contribution in [2.75, 3.05) is 6.54 Å². The van der Waals surface area contributed by atoms with E-state index < -0.39 is 0 Å². The van der Waals surface area contributed by atoms with Crippen molar-refractivity contribution in [1.82, 2.24) is 5.32 Å². The highest BCUT2D eigenvalue weighted by molar-refractivity contribution is 5.14. The van der Waals surface area contributed by atoms with Gasteiger partial charge in [-0.3, -0.25) is 0 Å². The Morgan fingerprint density at radius 1 is 1.40 bits per heavy atom. The zero-order valence-electron chi connectivity index (χ0n) is 14.2. The Hall–Kier alpha value is -0.340. The van der Waals surface area contributed by atoms with Crippen molar-refractivity contribution in [2.45, 2.75) is 78.9 Å². The molecule has 0 bridgehead atoms. The second kappa shape index (κ2) is 7.61. The van der Waals surface area contributed by atoms with Gasteiger partial charge in [-0.05, 0) is 43.6 Å². The van der Waals surface area contributed by atoms with E-state index in [4.69, 9.17) is 0 Å². The maximum absolute atomic E-state index is 10.6. The molecule has 2 heteroatoms. The third kappa shape index (κ3) is 5.21. The summed E-state index contributed by atoms with van der Waals surface area (Å²) >= 11 is 0. The van der Waals surface area contributed by atoms with E-state index in [0.29, 0.717) is 12.0 Å². The van der Waals surface area contributed by atoms with E-state index in [1.165, 1.54) is 18.4 Å². The van der Waals surface area contributed by atoms with E-state index in [2.05, 4.69) is 46.5 Å². The third-order valence-corrected chi connectivity index (χ3v) is 4.45. The van der Waals surface area contributed by atoms with Crippen LogP contribution in [0.1, 0.15) is 66.7 Å². The molecule has 2 nitrogen and oxygen atoms in total. The number of hydrogen-bond acceptors (Lipinski definition) is 2. The van der Waals surface area contributed by atoms with Crippen molar-refractivity contribution < 1.29 is 5.11 Å². The minimum absolute atomic E-state index is 0.193. The van der Waals surface area contributed by atoms with Gasteiger partial charge in [0.05, 0.1) is 6.10 Å². The predicted molar refractivity (Wildman–Crippen MR) is 87.8 cm³/mol. The Balaban J connectivity index is 2.75. The van der Waals surface area contributed by atoms with Gasteiger partial charge in [0.25, 0.3) is 0 Å². The number of aliphatic hydroxyl groups is 1. The van der Waals surface area contributed by atoms with Crippen LogP contribution in [0.3, 0.4) is 0 Å². The van der Waals surface area contributed by atoms with Crippen LogP contribution in [0, 0.1) is 17.3 Å². The SMILES string of the molecule is C=C1CC(C)(C)CC(O)C1C(CC(C)C)NCCCC. The highest BCUT2D eigenvalue weighted by atomic mass is 16.3. The van der Waals surface area contributed by atoms with E-state index in [1.54, 1.807) is 0 Å². The van der Waals surface area contributed by atoms with E-state index in [-0.39, 0.29) is 17.4 Å². The highest BCUT2D eigenvalue weighted by Crippen LogP contribution is 2.43. The Labute approximate surface area is 126 Å². The summed E-state index contributed by atoms with van der Waals surface area (Å²) < 4.78 is 0. The summed E-state index contributed by atoms with van der Waals surface area (Å²) in [6.45, 7) is 16.6. The van der Waals surface area contributed by atoms with Gasteiger partial charge in [0.1, 0.15) is 0 Å². The van der Waals surface area contributed by atoms with Crippen LogP contribution in [0.4, 0.5) is 0 Å². The van der Waals surface area contributed by atoms with Crippen LogP contribution in [-0.2, 0) is 0 Å². The lowest BCUT2D eigenvalue weighted by Gasteiger charge is -2.44. The molecule has 0 aromatic rings. The van der Waals surface area contributed by atoms with Crippen LogP contribution in [0.15, 0.2) is 12.2 Å². The first-order valence-corrected chi connectivity index (χ1v) is 8.36. The van der Waals surface area contributed by atoms with Gasteiger partial charge >= 0.3 is 0 Å². The summed E-state index contributed by atoms with van der Waals surface area (Å²) in [4.78, 5) is 0. The Morgan fingerprint density at radius 2 is 2.05 bits per heavy atom. The Bertz CT molecular complexity index is 309. The van der Waals surface area contributed by atoms with Crippen molar-refractivity contribution in [2.24, 2.45) is 17.3 Å². The summed E-state index contributed by atoms with van der Waals surface area (Å²) in [6, 6.07) is 0.375. The lowest BCUT2D eigenvalue weighted by Crippen LogP contribution is -2.48. The quantitative estimate of drug-likeness (QED) is 0.543. The second-order valence-electron chi connectivity index (χ2n) is 7.84. The van der Waals surface area contributed by atoms with Crippen molar-refractivity contribution in [3.05, 3.63) is 12.2 Å². The van der Waals surface area contributed by atoms with Crippen LogP contribution in [-0.4, -0.2) is 23.8 Å². The fraction of sp³-hybridized carbons (Fsp3) is 0.889. The highest BCUT2D eigenvalue weighted by Gasteiger charge is 2.40. The fourth-order valence-electron chi connectivity index (χ4n) is 3.65. The molecule has 0 radical (unpaired) electrons. The van der Waals surface area contributed by atoms with Gasteiger partial charge in [-0.2, -0.15) is 0 Å². The van der Waals surface area contributed by atoms with Gasteiger partial charge in [0, 0.05) is 12.0 Å². The molecule has 0 heterocycles. The average molecular weight is 281 g/mol. The van der Waals surface area contributed by atoms with Crippen LogP contribution in [0.25, 0.3) is 0 Å². The Morgan fingerprint density at radius 3 is 2.55 bits per heavy atom. The minimum atomic E-state index is -0.246. The molecule has 0 saturated heterocycles. The van der Waals surface area contributed by atoms with E-state index in [1.807, 2.05) is 0 Å². The van der Waals surface area contributed by atoms with E-state index in [9.17, 15) is 5.11 Å². The Kier molecular flexibility index (Phi) is 6.74. The number of hydrogen-bond donors (Lipinski definition) is 2. The molecule has 3 unspecified atom stereocenters. The van der Waals surface area contributed by atoms with Gasteiger partial charge < -0.3 is 10.4 Å². The number of nitrogens with one attached hydrogen (secondary N) is 1. The molecule has 1 aliphatic rings. The van der Waals surface area contributed by atoms with Crippen LogP contribution < -0.4 is 5.32 Å². The molecule has 1 aliphatic carbocycles. The summed E-state index contributed by atoms with van der Waals surface area (Å²) in [5.74, 6) is 0.867. The van der Waals surface area contributed by atoms with Crippen molar-refractivity contribution in [1.29, 1.82) is 0 Å². The van der Waals surface area contributed by atoms with Gasteiger partial charge in [0.15, 0.2) is 0 Å². The first kappa shape index (κ1) is 17.7. The van der Waals surface area contributed by atoms with Crippen molar-refractivity contribution in [3.63, 3.8) is 0 Å². The van der Waals surface area contributed by atoms with Gasteiger partial charge in [-0.15, -0.1) is 0 Å². The summed E-state index contributed by atoms with van der Waals surface area (Å²) in [6.07, 6.45) is 5.21. The average Bonchev–Trinajstić information content (AvgIpc) is 2.25. The van der Waals surface area contributed by atoms with Gasteiger partial charge in [-0.25, -0.2) is 0 Å². The molecule has 0 spiro atoms. The standard InChI is InChI=1S/C18H35NO/c1-7-8-9-19-15(10-13(2)3)17-14(4)11-18(5,6)12-16(17)20/h13,15-17,19-20H,4,7-12H2,1-3,5-6H3. The molecular weight excluding hydrogens is 246 g/mol. The summed E-state index contributed by atoms with van der Waals surface area (Å²) in [5, 5.41) is 14.3. The second-order valence-corrected chi connectivity index (χ2v) is 7.84. The minimum Gasteiger partial charge on any atom is -0.392 e. The summed E-state index contributed by atoms with van der Waals surface area (Å²) in [7, 11) is 0. The lowest BCUT2D eigenvalue weighted by atomic mass is 9.66. The first-order chi connectivity index (χ1) is 9.26. The van der Waals surface area contributed by atoms with E-state index in [0.717, 1.165) is 25.8 Å². The molecule has 0 aliphatic heterocycles. The zero-order chi connectivity index (χ0) is 15.3. The largest absolute Gasteiger partial charge is 0.392 e. The summed E-state index contributed by atoms with van der Waals surface area (Å²) in [5.41, 5.74) is 1.43. The zero-order valence-corrected chi connectivity index (χ0v) is 14.2. The van der Waals surface area contributed by atoms with Gasteiger partial charge in [0.2, 0.25) is 0 Å². The normalized spacial score (nSPS) is 27.9. The van der Waals surface area contributed by atoms with Crippen LogP contribution in [0.2, 0.25) is 0 Å². The smallest absolute Gasteiger partial charge is 0.0625 e. The first-order valence-electron chi connectivity index (χ1n) is 8.36. The third-order valence-electron chi connectivity index (χ3n) is 4.45. The van der Waals surface area contributed by atoms with E-state index >= 15 is 0 Å². The molecule has 1 rings (SSSR count). The topological polar surface area (TPSA) is 32.3 Å².